The van der Waals surface area contributed by atoms with Crippen molar-refractivity contribution in [3.05, 3.63) is 0 Å². The molecule has 2 aliphatic heterocycles. The van der Waals surface area contributed by atoms with Crippen molar-refractivity contribution in [2.75, 3.05) is 64.0 Å². The molecule has 0 saturated carbocycles. The Morgan fingerprint density at radius 2 is 1.54 bits per heavy atom. The topological polar surface area (TPSA) is 215 Å². The highest BCUT2D eigenvalue weighted by Gasteiger charge is 2.70. The Bertz CT molecular complexity index is 1170. The van der Waals surface area contributed by atoms with Gasteiger partial charge < -0.3 is 34.3 Å². The van der Waals surface area contributed by atoms with E-state index in [0.29, 0.717) is 0 Å². The van der Waals surface area contributed by atoms with Crippen molar-refractivity contribution >= 4 is 29.9 Å². The highest BCUT2D eigenvalue weighted by atomic mass is 32.2. The van der Waals surface area contributed by atoms with Gasteiger partial charge in [-0.05, 0) is 33.6 Å². The number of sulfonamides is 2. The fourth-order valence-corrected chi connectivity index (χ4v) is 7.35. The summed E-state index contributed by atoms with van der Waals surface area (Å²) in [6.07, 6.45) is -2.46. The summed E-state index contributed by atoms with van der Waals surface area (Å²) in [6.45, 7) is 3.39. The monoisotopic (exact) mass is 654 g/mol. The number of nitrogens with zero attached hydrogens (tertiary/aromatic N) is 1. The SMILES string of the molecule is CC(O)C1C(OCCNS(C)(=O)=O)COC(OC2CCN(S(C)(=O)=O)CC2)(C(C)O)C1(OCCS(C)(=O)=O)C(C)O. The van der Waals surface area contributed by atoms with Gasteiger partial charge in [0.1, 0.15) is 15.9 Å². The highest BCUT2D eigenvalue weighted by molar-refractivity contribution is 7.90. The minimum absolute atomic E-state index is 0.102. The minimum atomic E-state index is -3.54. The number of rotatable bonds is 15. The van der Waals surface area contributed by atoms with Crippen molar-refractivity contribution in [1.29, 1.82) is 0 Å². The molecule has 0 aliphatic carbocycles. The Kier molecular flexibility index (Phi) is 12.6. The van der Waals surface area contributed by atoms with Crippen molar-refractivity contribution in [3.8, 4) is 0 Å². The van der Waals surface area contributed by atoms with Gasteiger partial charge in [0.05, 0.1) is 68.4 Å². The third kappa shape index (κ3) is 9.24. The van der Waals surface area contributed by atoms with Crippen molar-refractivity contribution < 1.29 is 59.5 Å². The second kappa shape index (κ2) is 14.1. The number of aliphatic hydroxyl groups is 3. The fraction of sp³-hybridized carbons (Fsp3) is 1.00. The first-order chi connectivity index (χ1) is 18.7. The van der Waals surface area contributed by atoms with Crippen LogP contribution in [0.25, 0.3) is 0 Å². The van der Waals surface area contributed by atoms with Crippen LogP contribution in [0, 0.1) is 5.92 Å². The van der Waals surface area contributed by atoms with E-state index < -0.39 is 90.1 Å². The molecule has 18 heteroatoms. The smallest absolute Gasteiger partial charge is 0.227 e. The predicted octanol–water partition coefficient (Wildman–Crippen LogP) is -2.35. The molecule has 2 heterocycles. The van der Waals surface area contributed by atoms with E-state index in [1.807, 2.05) is 0 Å². The molecule has 0 radical (unpaired) electrons. The molecular formula is C23H46N2O13S3. The summed E-state index contributed by atoms with van der Waals surface area (Å²) in [5.74, 6) is -3.77. The zero-order valence-corrected chi connectivity index (χ0v) is 26.9. The molecule has 0 aromatic heterocycles. The van der Waals surface area contributed by atoms with E-state index in [9.17, 15) is 40.6 Å². The number of ether oxygens (including phenoxy) is 4. The predicted molar refractivity (Wildman–Crippen MR) is 149 cm³/mol. The van der Waals surface area contributed by atoms with E-state index in [4.69, 9.17) is 18.9 Å². The number of piperidine rings is 1. The van der Waals surface area contributed by atoms with Crippen molar-refractivity contribution in [2.45, 2.75) is 75.5 Å². The molecule has 15 nitrogen and oxygen atoms in total. The molecule has 2 aliphatic rings. The molecule has 4 N–H and O–H groups in total. The number of hydrogen-bond donors (Lipinski definition) is 4. The van der Waals surface area contributed by atoms with Crippen LogP contribution in [0.4, 0.5) is 0 Å². The lowest BCUT2D eigenvalue weighted by Crippen LogP contribution is -2.79. The van der Waals surface area contributed by atoms with Crippen molar-refractivity contribution in [3.63, 3.8) is 0 Å². The van der Waals surface area contributed by atoms with Gasteiger partial charge in [-0.1, -0.05) is 0 Å². The normalized spacial score (nSPS) is 31.5. The van der Waals surface area contributed by atoms with E-state index in [2.05, 4.69) is 4.72 Å². The first-order valence-electron chi connectivity index (χ1n) is 13.4. The maximum Gasteiger partial charge on any atom is 0.227 e. The summed E-state index contributed by atoms with van der Waals surface area (Å²) >= 11 is 0. The van der Waals surface area contributed by atoms with E-state index in [1.54, 1.807) is 0 Å². The summed E-state index contributed by atoms with van der Waals surface area (Å²) in [7, 11) is -10.5. The van der Waals surface area contributed by atoms with Crippen LogP contribution in [0.5, 0.6) is 0 Å². The van der Waals surface area contributed by atoms with Gasteiger partial charge in [0.15, 0.2) is 5.60 Å². The first kappa shape index (κ1) is 36.7. The average molecular weight is 655 g/mol. The Labute approximate surface area is 243 Å². The molecule has 0 amide bonds. The van der Waals surface area contributed by atoms with Gasteiger partial charge in [-0.15, -0.1) is 0 Å². The number of aliphatic hydroxyl groups excluding tert-OH is 3. The van der Waals surface area contributed by atoms with Gasteiger partial charge in [0.25, 0.3) is 0 Å². The summed E-state index contributed by atoms with van der Waals surface area (Å²) in [4.78, 5) is 0. The Morgan fingerprint density at radius 3 is 1.98 bits per heavy atom. The summed E-state index contributed by atoms with van der Waals surface area (Å²) in [5, 5.41) is 33.6. The van der Waals surface area contributed by atoms with Crippen LogP contribution in [0.15, 0.2) is 0 Å². The molecule has 41 heavy (non-hydrogen) atoms. The molecule has 0 aromatic rings. The number of hydrogen-bond acceptors (Lipinski definition) is 13. The van der Waals surface area contributed by atoms with E-state index in [1.165, 1.54) is 25.1 Å². The lowest BCUT2D eigenvalue weighted by Gasteiger charge is -2.61. The second-order valence-corrected chi connectivity index (χ2v) is 17.0. The largest absolute Gasteiger partial charge is 0.393 e. The van der Waals surface area contributed by atoms with E-state index in [-0.39, 0.29) is 45.7 Å². The van der Waals surface area contributed by atoms with Gasteiger partial charge >= 0.3 is 0 Å². The molecule has 0 bridgehead atoms. The third-order valence-electron chi connectivity index (χ3n) is 7.40. The Balaban J connectivity index is 2.54. The third-order valence-corrected chi connectivity index (χ3v) is 10.3. The van der Waals surface area contributed by atoms with E-state index >= 15 is 0 Å². The maximum atomic E-state index is 12.0. The molecule has 7 unspecified atom stereocenters. The molecule has 2 fully saturated rings. The second-order valence-electron chi connectivity index (χ2n) is 10.9. The van der Waals surface area contributed by atoms with Crippen LogP contribution in [0.2, 0.25) is 0 Å². The first-order valence-corrected chi connectivity index (χ1v) is 19.2. The summed E-state index contributed by atoms with van der Waals surface area (Å²) in [5.41, 5.74) is -2.10. The lowest BCUT2D eigenvalue weighted by molar-refractivity contribution is -0.436. The number of nitrogens with one attached hydrogen (secondary N) is 1. The summed E-state index contributed by atoms with van der Waals surface area (Å²) < 4.78 is 99.1. The van der Waals surface area contributed by atoms with Crippen LogP contribution in [0.3, 0.4) is 0 Å². The van der Waals surface area contributed by atoms with Crippen molar-refractivity contribution in [1.82, 2.24) is 9.03 Å². The molecule has 0 spiro atoms. The maximum absolute atomic E-state index is 12.0. The molecule has 7 atom stereocenters. The molecule has 2 rings (SSSR count). The van der Waals surface area contributed by atoms with Crippen LogP contribution >= 0.6 is 0 Å². The Morgan fingerprint density at radius 1 is 0.951 bits per heavy atom. The molecule has 0 aromatic carbocycles. The van der Waals surface area contributed by atoms with Crippen LogP contribution in [0.1, 0.15) is 33.6 Å². The standard InChI is InChI=1S/C23H46N2O13S3/c1-16(26)21-20(35-12-9-24-40(5,31)32)15-37-23(18(3)28,22(21,17(2)27)36-13-14-39(4,29)30)38-19-7-10-25(11-8-19)41(6,33)34/h16-21,24,26-28H,7-15H2,1-6H3. The number of sulfone groups is 1. The average Bonchev–Trinajstić information content (AvgIpc) is 2.80. The quantitative estimate of drug-likeness (QED) is 0.136. The molecule has 244 valence electrons. The zero-order chi connectivity index (χ0) is 31.4. The van der Waals surface area contributed by atoms with Gasteiger partial charge in [-0.3, -0.25) is 0 Å². The highest BCUT2D eigenvalue weighted by Crippen LogP contribution is 2.50. The zero-order valence-electron chi connectivity index (χ0n) is 24.4. The van der Waals surface area contributed by atoms with Crippen LogP contribution < -0.4 is 4.72 Å². The van der Waals surface area contributed by atoms with Crippen LogP contribution in [-0.2, 0) is 48.8 Å². The molecular weight excluding hydrogens is 608 g/mol. The Hall–Kier alpha value is -0.510. The lowest BCUT2D eigenvalue weighted by atomic mass is 9.67. The van der Waals surface area contributed by atoms with E-state index in [0.717, 1.165) is 18.8 Å². The molecule has 2 saturated heterocycles. The summed E-state index contributed by atoms with van der Waals surface area (Å²) in [6, 6.07) is 0. The van der Waals surface area contributed by atoms with Gasteiger partial charge in [0, 0.05) is 25.9 Å². The van der Waals surface area contributed by atoms with Gasteiger partial charge in [-0.25, -0.2) is 34.3 Å². The van der Waals surface area contributed by atoms with Crippen LogP contribution in [-0.4, -0.2) is 151 Å². The van der Waals surface area contributed by atoms with Gasteiger partial charge in [-0.2, -0.15) is 0 Å². The van der Waals surface area contributed by atoms with Gasteiger partial charge in [0.2, 0.25) is 25.8 Å². The minimum Gasteiger partial charge on any atom is -0.393 e. The van der Waals surface area contributed by atoms with Crippen molar-refractivity contribution in [2.24, 2.45) is 5.92 Å². The fourth-order valence-electron chi connectivity index (χ4n) is 5.64.